The smallest absolute Gasteiger partial charge is 0.0292 e. The van der Waals surface area contributed by atoms with E-state index in [0.29, 0.717) is 12.0 Å². The van der Waals surface area contributed by atoms with Crippen molar-refractivity contribution in [3.63, 3.8) is 0 Å². The van der Waals surface area contributed by atoms with Gasteiger partial charge in [-0.05, 0) is 55.1 Å². The van der Waals surface area contributed by atoms with E-state index in [-0.39, 0.29) is 0 Å². The summed E-state index contributed by atoms with van der Waals surface area (Å²) < 4.78 is 0. The predicted molar refractivity (Wildman–Crippen MR) is 72.8 cm³/mol. The van der Waals surface area contributed by atoms with Gasteiger partial charge in [0.1, 0.15) is 0 Å². The van der Waals surface area contributed by atoms with Crippen LogP contribution < -0.4 is 0 Å². The van der Waals surface area contributed by atoms with Gasteiger partial charge in [0.2, 0.25) is 0 Å². The van der Waals surface area contributed by atoms with Crippen molar-refractivity contribution in [3.8, 4) is 12.3 Å². The van der Waals surface area contributed by atoms with E-state index in [2.05, 4.69) is 43.5 Å². The molecule has 0 aromatic heterocycles. The van der Waals surface area contributed by atoms with E-state index < -0.39 is 0 Å². The van der Waals surface area contributed by atoms with Crippen LogP contribution >= 0.6 is 0 Å². The molecule has 88 valence electrons. The van der Waals surface area contributed by atoms with Gasteiger partial charge in [0.25, 0.3) is 0 Å². The fraction of sp³-hybridized carbons (Fsp3) is 0.375. The zero-order chi connectivity index (χ0) is 12.4. The Morgan fingerprint density at radius 3 is 2.76 bits per heavy atom. The van der Waals surface area contributed by atoms with Crippen LogP contribution in [0.3, 0.4) is 0 Å². The van der Waals surface area contributed by atoms with E-state index in [1.165, 1.54) is 24.0 Å². The van der Waals surface area contributed by atoms with Crippen molar-refractivity contribution in [2.24, 2.45) is 0 Å². The molecule has 0 radical (unpaired) electrons. The largest absolute Gasteiger partial charge is 0.378 e. The molecule has 0 heterocycles. The number of benzene rings is 1. The van der Waals surface area contributed by atoms with Gasteiger partial charge in [-0.15, -0.1) is 6.42 Å². The maximum atomic E-state index is 5.45. The monoisotopic (exact) mass is 225 g/mol. The first-order valence-electron chi connectivity index (χ1n) is 6.07. The molecule has 1 fully saturated rings. The lowest BCUT2D eigenvalue weighted by Crippen LogP contribution is -2.38. The molecule has 1 aromatic rings. The second-order valence-corrected chi connectivity index (χ2v) is 4.89. The molecule has 0 aliphatic heterocycles. The summed E-state index contributed by atoms with van der Waals surface area (Å²) in [5, 5.41) is 0. The van der Waals surface area contributed by atoms with E-state index >= 15 is 0 Å². The second-order valence-electron chi connectivity index (χ2n) is 4.89. The van der Waals surface area contributed by atoms with Crippen LogP contribution in [-0.2, 0) is 0 Å². The lowest BCUT2D eigenvalue weighted by Gasteiger charge is -2.41. The lowest BCUT2D eigenvalue weighted by atomic mass is 9.73. The van der Waals surface area contributed by atoms with Gasteiger partial charge < -0.3 is 4.90 Å². The molecular formula is C16H19N. The quantitative estimate of drug-likeness (QED) is 0.713. The Kier molecular flexibility index (Phi) is 3.24. The molecule has 0 saturated heterocycles. The maximum absolute atomic E-state index is 5.45. The summed E-state index contributed by atoms with van der Waals surface area (Å²) in [5.74, 6) is 3.38. The molecule has 0 unspecified atom stereocenters. The van der Waals surface area contributed by atoms with Crippen molar-refractivity contribution in [3.05, 3.63) is 47.7 Å². The average Bonchev–Trinajstić information content (AvgIpc) is 2.29. The van der Waals surface area contributed by atoms with E-state index in [9.17, 15) is 0 Å². The van der Waals surface area contributed by atoms with Gasteiger partial charge >= 0.3 is 0 Å². The number of terminal acetylenes is 1. The van der Waals surface area contributed by atoms with Gasteiger partial charge in [0.15, 0.2) is 0 Å². The molecule has 1 aliphatic carbocycles. The molecule has 1 saturated carbocycles. The van der Waals surface area contributed by atoms with Crippen LogP contribution in [0.2, 0.25) is 0 Å². The molecule has 0 amide bonds. The van der Waals surface area contributed by atoms with Gasteiger partial charge in [-0.1, -0.05) is 18.6 Å². The Bertz CT molecular complexity index is 461. The number of nitrogens with zero attached hydrogens (tertiary/aromatic N) is 1. The molecule has 0 N–H and O–H groups in total. The Labute approximate surface area is 104 Å². The zero-order valence-electron chi connectivity index (χ0n) is 10.6. The van der Waals surface area contributed by atoms with Crippen LogP contribution in [0.25, 0.3) is 0 Å². The van der Waals surface area contributed by atoms with Gasteiger partial charge in [0.05, 0.1) is 0 Å². The highest BCUT2D eigenvalue weighted by molar-refractivity contribution is 5.42. The SMILES string of the molecule is C#Cc1ccc(C)c(C2CC(N(C)C=C)C2)c1. The number of rotatable bonds is 3. The highest BCUT2D eigenvalue weighted by Crippen LogP contribution is 2.40. The summed E-state index contributed by atoms with van der Waals surface area (Å²) in [6.45, 7) is 5.97. The van der Waals surface area contributed by atoms with Crippen LogP contribution in [0.15, 0.2) is 31.0 Å². The topological polar surface area (TPSA) is 3.24 Å². The third-order valence-electron chi connectivity index (χ3n) is 3.86. The van der Waals surface area contributed by atoms with Crippen LogP contribution in [-0.4, -0.2) is 18.0 Å². The molecule has 0 bridgehead atoms. The number of hydrogen-bond donors (Lipinski definition) is 0. The summed E-state index contributed by atoms with van der Waals surface area (Å²) in [6.07, 6.45) is 9.77. The lowest BCUT2D eigenvalue weighted by molar-refractivity contribution is 0.186. The third-order valence-corrected chi connectivity index (χ3v) is 3.86. The zero-order valence-corrected chi connectivity index (χ0v) is 10.6. The molecule has 0 spiro atoms. The van der Waals surface area contributed by atoms with Crippen LogP contribution in [0.5, 0.6) is 0 Å². The van der Waals surface area contributed by atoms with Crippen LogP contribution in [0.4, 0.5) is 0 Å². The van der Waals surface area contributed by atoms with Gasteiger partial charge in [-0.3, -0.25) is 0 Å². The van der Waals surface area contributed by atoms with E-state index in [0.717, 1.165) is 5.56 Å². The fourth-order valence-electron chi connectivity index (χ4n) is 2.49. The standard InChI is InChI=1S/C16H19N/c1-5-13-8-7-12(3)16(9-13)14-10-15(11-14)17(4)6-2/h1,6-9,14-15H,2,10-11H2,3-4H3. The number of aryl methyl sites for hydroxylation is 1. The van der Waals surface area contributed by atoms with E-state index in [4.69, 9.17) is 6.42 Å². The van der Waals surface area contributed by atoms with Crippen molar-refractivity contribution >= 4 is 0 Å². The van der Waals surface area contributed by atoms with Crippen molar-refractivity contribution in [1.29, 1.82) is 0 Å². The third kappa shape index (κ3) is 2.22. The van der Waals surface area contributed by atoms with Crippen LogP contribution in [0, 0.1) is 19.3 Å². The molecule has 1 heteroatoms. The van der Waals surface area contributed by atoms with E-state index in [1.807, 2.05) is 12.3 Å². The van der Waals surface area contributed by atoms with Crippen molar-refractivity contribution < 1.29 is 0 Å². The minimum absolute atomic E-state index is 0.645. The molecule has 17 heavy (non-hydrogen) atoms. The summed E-state index contributed by atoms with van der Waals surface area (Å²) in [4.78, 5) is 2.21. The second kappa shape index (κ2) is 4.67. The minimum Gasteiger partial charge on any atom is -0.378 e. The molecule has 1 aromatic carbocycles. The summed E-state index contributed by atoms with van der Waals surface area (Å²) in [6, 6.07) is 6.97. The summed E-state index contributed by atoms with van der Waals surface area (Å²) >= 11 is 0. The highest BCUT2D eigenvalue weighted by Gasteiger charge is 2.32. The summed E-state index contributed by atoms with van der Waals surface area (Å²) in [5.41, 5.74) is 3.77. The predicted octanol–water partition coefficient (Wildman–Crippen LogP) is 3.30. The van der Waals surface area contributed by atoms with Crippen molar-refractivity contribution in [2.45, 2.75) is 31.7 Å². The molecule has 1 nitrogen and oxygen atoms in total. The van der Waals surface area contributed by atoms with Gasteiger partial charge in [-0.2, -0.15) is 0 Å². The Morgan fingerprint density at radius 2 is 2.18 bits per heavy atom. The number of hydrogen-bond acceptors (Lipinski definition) is 1. The average molecular weight is 225 g/mol. The van der Waals surface area contributed by atoms with E-state index in [1.54, 1.807) is 0 Å². The molecule has 2 rings (SSSR count). The first-order valence-corrected chi connectivity index (χ1v) is 6.07. The summed E-state index contributed by atoms with van der Waals surface area (Å²) in [7, 11) is 2.10. The normalized spacial score (nSPS) is 22.4. The maximum Gasteiger partial charge on any atom is 0.0292 e. The van der Waals surface area contributed by atoms with Crippen molar-refractivity contribution in [2.75, 3.05) is 7.05 Å². The Morgan fingerprint density at radius 1 is 1.47 bits per heavy atom. The first-order chi connectivity index (χ1) is 8.15. The molecule has 1 aliphatic rings. The minimum atomic E-state index is 0.645. The van der Waals surface area contributed by atoms with Gasteiger partial charge in [-0.25, -0.2) is 0 Å². The van der Waals surface area contributed by atoms with Crippen molar-refractivity contribution in [1.82, 2.24) is 4.90 Å². The molecular weight excluding hydrogens is 206 g/mol. The molecule has 0 atom stereocenters. The first kappa shape index (κ1) is 11.8. The highest BCUT2D eigenvalue weighted by atomic mass is 15.1. The fourth-order valence-corrected chi connectivity index (χ4v) is 2.49. The Balaban J connectivity index is 2.11. The Hall–Kier alpha value is -1.68. The van der Waals surface area contributed by atoms with Crippen LogP contribution in [0.1, 0.15) is 35.4 Å². The van der Waals surface area contributed by atoms with Gasteiger partial charge in [0, 0.05) is 18.7 Å².